The van der Waals surface area contributed by atoms with E-state index in [1.165, 1.54) is 0 Å². The van der Waals surface area contributed by atoms with Crippen LogP contribution >= 0.6 is 0 Å². The summed E-state index contributed by atoms with van der Waals surface area (Å²) in [5, 5.41) is 13.0. The molecule has 27 heavy (non-hydrogen) atoms. The molecule has 1 aromatic carbocycles. The molecule has 0 radical (unpaired) electrons. The minimum Gasteiger partial charge on any atom is -0.424 e. The van der Waals surface area contributed by atoms with Gasteiger partial charge in [-0.2, -0.15) is 0 Å². The highest BCUT2D eigenvalue weighted by atomic mass is 16.4. The smallest absolute Gasteiger partial charge is 0.269 e. The van der Waals surface area contributed by atoms with Gasteiger partial charge >= 0.3 is 0 Å². The van der Waals surface area contributed by atoms with E-state index in [-0.39, 0.29) is 5.91 Å². The van der Waals surface area contributed by atoms with E-state index in [1.54, 1.807) is 13.1 Å². The van der Waals surface area contributed by atoms with Crippen LogP contribution in [0.3, 0.4) is 0 Å². The molecule has 1 amide bonds. The van der Waals surface area contributed by atoms with Crippen molar-refractivity contribution in [3.05, 3.63) is 54.0 Å². The lowest BCUT2D eigenvalue weighted by Gasteiger charge is -2.30. The fraction of sp³-hybridized carbons (Fsp3) is 0.400. The van der Waals surface area contributed by atoms with E-state index in [4.69, 9.17) is 4.42 Å². The Bertz CT molecular complexity index is 931. The Morgan fingerprint density at radius 2 is 2.00 bits per heavy atom. The molecule has 0 spiro atoms. The lowest BCUT2D eigenvalue weighted by Crippen LogP contribution is -2.38. The Hall–Kier alpha value is -2.80. The summed E-state index contributed by atoms with van der Waals surface area (Å²) < 4.78 is 5.44. The molecule has 1 saturated heterocycles. The molecule has 0 aliphatic carbocycles. The number of aromatic nitrogens is 3. The number of carbonyl (C=O) groups excluding carboxylic acids is 1. The number of hydrogen-bond donors (Lipinski definition) is 1. The van der Waals surface area contributed by atoms with Gasteiger partial charge in [0.2, 0.25) is 11.8 Å². The van der Waals surface area contributed by atoms with Crippen LogP contribution in [0.1, 0.15) is 35.1 Å². The van der Waals surface area contributed by atoms with Gasteiger partial charge in [0.1, 0.15) is 5.69 Å². The zero-order valence-electron chi connectivity index (χ0n) is 15.4. The summed E-state index contributed by atoms with van der Waals surface area (Å²) >= 11 is 0. The van der Waals surface area contributed by atoms with Gasteiger partial charge < -0.3 is 9.73 Å². The van der Waals surface area contributed by atoms with Gasteiger partial charge in [0.25, 0.3) is 5.91 Å². The van der Waals surface area contributed by atoms with Crippen LogP contribution < -0.4 is 5.32 Å². The number of rotatable bonds is 5. The van der Waals surface area contributed by atoms with Crippen LogP contribution in [0.2, 0.25) is 0 Å². The molecule has 140 valence electrons. The van der Waals surface area contributed by atoms with Crippen molar-refractivity contribution in [2.75, 3.05) is 19.6 Å². The van der Waals surface area contributed by atoms with E-state index in [0.29, 0.717) is 36.5 Å². The fourth-order valence-corrected chi connectivity index (χ4v) is 3.48. The fourth-order valence-electron chi connectivity index (χ4n) is 3.48. The normalized spacial score (nSPS) is 15.9. The summed E-state index contributed by atoms with van der Waals surface area (Å²) in [6.45, 7) is 5.12. The second-order valence-corrected chi connectivity index (χ2v) is 7.06. The number of aryl methyl sites for hydroxylation is 1. The minimum absolute atomic E-state index is 0.107. The molecule has 1 aliphatic heterocycles. The Kier molecular flexibility index (Phi) is 5.11. The van der Waals surface area contributed by atoms with Gasteiger partial charge in [-0.15, -0.1) is 10.2 Å². The Morgan fingerprint density at radius 3 is 2.74 bits per heavy atom. The summed E-state index contributed by atoms with van der Waals surface area (Å²) in [6, 6.07) is 9.77. The number of carbonyl (C=O) groups is 1. The maximum atomic E-state index is 12.4. The first-order chi connectivity index (χ1) is 13.2. The summed E-state index contributed by atoms with van der Waals surface area (Å²) in [4.78, 5) is 19.0. The van der Waals surface area contributed by atoms with Gasteiger partial charge in [-0.3, -0.25) is 14.7 Å². The number of pyridine rings is 1. The van der Waals surface area contributed by atoms with Gasteiger partial charge in [0, 0.05) is 25.1 Å². The third-order valence-corrected chi connectivity index (χ3v) is 5.05. The molecule has 1 aliphatic rings. The van der Waals surface area contributed by atoms with Gasteiger partial charge in [0.15, 0.2) is 0 Å². The second-order valence-electron chi connectivity index (χ2n) is 7.06. The van der Waals surface area contributed by atoms with Crippen molar-refractivity contribution < 1.29 is 9.21 Å². The largest absolute Gasteiger partial charge is 0.424 e. The van der Waals surface area contributed by atoms with Crippen LogP contribution in [-0.2, 0) is 6.54 Å². The molecular formula is C20H23N5O2. The summed E-state index contributed by atoms with van der Waals surface area (Å²) in [6.07, 6.45) is 3.83. The quantitative estimate of drug-likeness (QED) is 0.748. The zero-order valence-corrected chi connectivity index (χ0v) is 15.4. The van der Waals surface area contributed by atoms with Crippen LogP contribution in [0.15, 0.2) is 40.9 Å². The molecule has 3 aromatic rings. The number of amides is 1. The molecule has 0 bridgehead atoms. The number of fused-ring (bicyclic) bond motifs is 1. The van der Waals surface area contributed by atoms with Crippen LogP contribution in [0.25, 0.3) is 10.8 Å². The van der Waals surface area contributed by atoms with E-state index >= 15 is 0 Å². The number of piperidine rings is 1. The van der Waals surface area contributed by atoms with Gasteiger partial charge in [-0.1, -0.05) is 24.3 Å². The average Bonchev–Trinajstić information content (AvgIpc) is 3.11. The van der Waals surface area contributed by atoms with Crippen molar-refractivity contribution in [2.24, 2.45) is 5.92 Å². The van der Waals surface area contributed by atoms with Crippen molar-refractivity contribution in [1.82, 2.24) is 25.4 Å². The lowest BCUT2D eigenvalue weighted by molar-refractivity contribution is 0.0929. The molecule has 0 unspecified atom stereocenters. The first kappa shape index (κ1) is 17.6. The van der Waals surface area contributed by atoms with Crippen molar-refractivity contribution in [2.45, 2.75) is 26.3 Å². The molecular weight excluding hydrogens is 342 g/mol. The predicted molar refractivity (Wildman–Crippen MR) is 101 cm³/mol. The average molecular weight is 365 g/mol. The van der Waals surface area contributed by atoms with E-state index in [9.17, 15) is 4.79 Å². The third-order valence-electron chi connectivity index (χ3n) is 5.05. The van der Waals surface area contributed by atoms with Crippen molar-refractivity contribution in [3.63, 3.8) is 0 Å². The molecule has 7 nitrogen and oxygen atoms in total. The zero-order chi connectivity index (χ0) is 18.6. The van der Waals surface area contributed by atoms with E-state index in [1.807, 2.05) is 30.3 Å². The van der Waals surface area contributed by atoms with E-state index < -0.39 is 0 Å². The highest BCUT2D eigenvalue weighted by Crippen LogP contribution is 2.18. The van der Waals surface area contributed by atoms with Crippen molar-refractivity contribution >= 4 is 16.7 Å². The number of nitrogens with one attached hydrogen (secondary N) is 1. The molecule has 3 heterocycles. The maximum Gasteiger partial charge on any atom is 0.269 e. The minimum atomic E-state index is -0.107. The van der Waals surface area contributed by atoms with Crippen LogP contribution in [0, 0.1) is 12.8 Å². The van der Waals surface area contributed by atoms with Gasteiger partial charge in [-0.25, -0.2) is 0 Å². The standard InChI is InChI=1S/C20H23N5O2/c1-14-23-24-19(27-14)13-25-8-6-15(7-9-25)11-22-20(26)18-10-16-4-2-3-5-17(16)12-21-18/h2-5,10,12,15H,6-9,11,13H2,1H3,(H,22,26). The topological polar surface area (TPSA) is 84.2 Å². The molecule has 2 aromatic heterocycles. The molecule has 0 atom stereocenters. The monoisotopic (exact) mass is 365 g/mol. The Labute approximate surface area is 157 Å². The van der Waals surface area contributed by atoms with Gasteiger partial charge in [-0.05, 0) is 43.3 Å². The van der Waals surface area contributed by atoms with Crippen molar-refractivity contribution in [1.29, 1.82) is 0 Å². The number of hydrogen-bond acceptors (Lipinski definition) is 6. The molecule has 1 fully saturated rings. The SMILES string of the molecule is Cc1nnc(CN2CCC(CNC(=O)c3cc4ccccc4cn3)CC2)o1. The lowest BCUT2D eigenvalue weighted by atomic mass is 9.96. The molecule has 4 rings (SSSR count). The summed E-state index contributed by atoms with van der Waals surface area (Å²) in [7, 11) is 0. The third kappa shape index (κ3) is 4.31. The number of likely N-dealkylation sites (tertiary alicyclic amines) is 1. The predicted octanol–water partition coefficient (Wildman–Crippen LogP) is 2.57. The summed E-state index contributed by atoms with van der Waals surface area (Å²) in [5.74, 6) is 1.64. The number of nitrogens with zero attached hydrogens (tertiary/aromatic N) is 4. The van der Waals surface area contributed by atoms with Crippen molar-refractivity contribution in [3.8, 4) is 0 Å². The van der Waals surface area contributed by atoms with E-state index in [0.717, 1.165) is 36.7 Å². The maximum absolute atomic E-state index is 12.4. The Morgan fingerprint density at radius 1 is 1.22 bits per heavy atom. The van der Waals surface area contributed by atoms with Crippen LogP contribution in [-0.4, -0.2) is 45.6 Å². The Balaban J connectivity index is 1.26. The first-order valence-electron chi connectivity index (χ1n) is 9.32. The molecule has 1 N–H and O–H groups in total. The number of benzene rings is 1. The van der Waals surface area contributed by atoms with Crippen LogP contribution in [0.5, 0.6) is 0 Å². The van der Waals surface area contributed by atoms with E-state index in [2.05, 4.69) is 25.4 Å². The molecule has 0 saturated carbocycles. The second kappa shape index (κ2) is 7.84. The summed E-state index contributed by atoms with van der Waals surface area (Å²) in [5.41, 5.74) is 0.470. The molecule has 7 heteroatoms. The van der Waals surface area contributed by atoms with Crippen LogP contribution in [0.4, 0.5) is 0 Å². The van der Waals surface area contributed by atoms with Gasteiger partial charge in [0.05, 0.1) is 6.54 Å². The highest BCUT2D eigenvalue weighted by molar-refractivity contribution is 5.96. The highest BCUT2D eigenvalue weighted by Gasteiger charge is 2.21. The first-order valence-corrected chi connectivity index (χ1v) is 9.32.